The van der Waals surface area contributed by atoms with Crippen molar-refractivity contribution in [3.8, 4) is 6.07 Å². The van der Waals surface area contributed by atoms with E-state index in [4.69, 9.17) is 28.5 Å². The van der Waals surface area contributed by atoms with Gasteiger partial charge in [-0.15, -0.1) is 0 Å². The summed E-state index contributed by atoms with van der Waals surface area (Å²) in [5, 5.41) is 20.5. The lowest BCUT2D eigenvalue weighted by Gasteiger charge is -2.19. The maximum Gasteiger partial charge on any atom is 0.269 e. The Morgan fingerprint density at radius 2 is 2.00 bits per heavy atom. The van der Waals surface area contributed by atoms with Crippen LogP contribution in [0.1, 0.15) is 11.3 Å². The van der Waals surface area contributed by atoms with Crippen LogP contribution >= 0.6 is 23.2 Å². The third-order valence-corrected chi connectivity index (χ3v) is 3.65. The Morgan fingerprint density at radius 3 is 2.64 bits per heavy atom. The Labute approximate surface area is 136 Å². The first-order valence-corrected chi connectivity index (χ1v) is 6.88. The lowest BCUT2D eigenvalue weighted by atomic mass is 10.2. The van der Waals surface area contributed by atoms with Crippen LogP contribution in [0.5, 0.6) is 0 Å². The van der Waals surface area contributed by atoms with E-state index in [-0.39, 0.29) is 16.4 Å². The molecule has 0 aliphatic rings. The van der Waals surface area contributed by atoms with Crippen LogP contribution in [0.15, 0.2) is 30.3 Å². The number of hydrogen-bond donors (Lipinski definition) is 0. The number of benzene rings is 1. The van der Waals surface area contributed by atoms with Gasteiger partial charge in [0.05, 0.1) is 9.95 Å². The summed E-state index contributed by atoms with van der Waals surface area (Å²) in [6.45, 7) is 0.306. The number of anilines is 1. The molecule has 0 spiro atoms. The normalized spacial score (nSPS) is 10.1. The lowest BCUT2D eigenvalue weighted by Crippen LogP contribution is -2.18. The second-order valence-electron chi connectivity index (χ2n) is 4.50. The summed E-state index contributed by atoms with van der Waals surface area (Å²) < 4.78 is 0. The van der Waals surface area contributed by atoms with Gasteiger partial charge >= 0.3 is 0 Å². The second kappa shape index (κ2) is 6.60. The van der Waals surface area contributed by atoms with Crippen LogP contribution in [0.25, 0.3) is 0 Å². The maximum atomic E-state index is 10.8. The minimum Gasteiger partial charge on any atom is -0.355 e. The van der Waals surface area contributed by atoms with Crippen molar-refractivity contribution in [2.75, 3.05) is 11.9 Å². The third-order valence-electron chi connectivity index (χ3n) is 2.98. The molecule has 2 aromatic rings. The molecule has 0 saturated carbocycles. The summed E-state index contributed by atoms with van der Waals surface area (Å²) >= 11 is 11.9. The van der Waals surface area contributed by atoms with E-state index in [1.165, 1.54) is 18.2 Å². The van der Waals surface area contributed by atoms with E-state index in [2.05, 4.69) is 4.98 Å². The molecule has 1 aromatic heterocycles. The third kappa shape index (κ3) is 3.45. The fraction of sp³-hybridized carbons (Fsp3) is 0.143. The predicted molar refractivity (Wildman–Crippen MR) is 84.2 cm³/mol. The molecule has 6 nitrogen and oxygen atoms in total. The molecule has 22 heavy (non-hydrogen) atoms. The van der Waals surface area contributed by atoms with Gasteiger partial charge in [0.25, 0.3) is 5.69 Å². The molecular weight excluding hydrogens is 327 g/mol. The summed E-state index contributed by atoms with van der Waals surface area (Å²) in [5.74, 6) is 0.517. The number of nitriles is 1. The van der Waals surface area contributed by atoms with Gasteiger partial charge < -0.3 is 4.90 Å². The van der Waals surface area contributed by atoms with Gasteiger partial charge in [-0.05, 0) is 23.8 Å². The van der Waals surface area contributed by atoms with Crippen LogP contribution in [0.2, 0.25) is 10.0 Å². The number of hydrogen-bond acceptors (Lipinski definition) is 5. The molecular formula is C14H10Cl2N4O2. The molecule has 0 aliphatic heterocycles. The van der Waals surface area contributed by atoms with Crippen molar-refractivity contribution >= 4 is 34.7 Å². The molecule has 8 heteroatoms. The molecule has 0 fully saturated rings. The SMILES string of the molecule is CN(Cc1cc([N+](=O)[O-])ccc1Cl)c1ccc(Cl)c(C#N)n1. The van der Waals surface area contributed by atoms with Crippen molar-refractivity contribution in [1.29, 1.82) is 5.26 Å². The fourth-order valence-electron chi connectivity index (χ4n) is 1.86. The first kappa shape index (κ1) is 16.0. The van der Waals surface area contributed by atoms with Gasteiger partial charge in [-0.3, -0.25) is 10.1 Å². The topological polar surface area (TPSA) is 83.1 Å². The highest BCUT2D eigenvalue weighted by molar-refractivity contribution is 6.31. The van der Waals surface area contributed by atoms with E-state index in [1.807, 2.05) is 6.07 Å². The molecule has 112 valence electrons. The molecule has 0 saturated heterocycles. The standard InChI is InChI=1S/C14H10Cl2N4O2/c1-19(14-5-4-12(16)13(7-17)18-14)8-9-6-10(20(21)22)2-3-11(9)15/h2-6H,8H2,1H3. The molecule has 0 aliphatic carbocycles. The first-order chi connectivity index (χ1) is 10.4. The van der Waals surface area contributed by atoms with Crippen molar-refractivity contribution in [1.82, 2.24) is 4.98 Å². The molecule has 0 N–H and O–H groups in total. The van der Waals surface area contributed by atoms with E-state index in [1.54, 1.807) is 24.1 Å². The van der Waals surface area contributed by atoms with Gasteiger partial charge in [-0.1, -0.05) is 23.2 Å². The Kier molecular flexibility index (Phi) is 4.81. The van der Waals surface area contributed by atoms with Crippen molar-refractivity contribution in [2.45, 2.75) is 6.54 Å². The second-order valence-corrected chi connectivity index (χ2v) is 5.31. The van der Waals surface area contributed by atoms with Crippen molar-refractivity contribution in [3.63, 3.8) is 0 Å². The molecule has 1 heterocycles. The number of nitro groups is 1. The Morgan fingerprint density at radius 1 is 1.32 bits per heavy atom. The van der Waals surface area contributed by atoms with Crippen LogP contribution < -0.4 is 4.90 Å². The molecule has 0 amide bonds. The van der Waals surface area contributed by atoms with Crippen molar-refractivity contribution < 1.29 is 4.92 Å². The summed E-state index contributed by atoms with van der Waals surface area (Å²) in [5.41, 5.74) is 0.680. The number of nitrogens with zero attached hydrogens (tertiary/aromatic N) is 4. The van der Waals surface area contributed by atoms with E-state index in [0.717, 1.165) is 0 Å². The van der Waals surface area contributed by atoms with Gasteiger partial charge in [-0.2, -0.15) is 5.26 Å². The number of pyridine rings is 1. The summed E-state index contributed by atoms with van der Waals surface area (Å²) in [4.78, 5) is 16.2. The minimum absolute atomic E-state index is 0.0328. The van der Waals surface area contributed by atoms with Crippen LogP contribution in [0, 0.1) is 21.4 Å². The quantitative estimate of drug-likeness (QED) is 0.626. The van der Waals surface area contributed by atoms with Crippen LogP contribution in [0.4, 0.5) is 11.5 Å². The largest absolute Gasteiger partial charge is 0.355 e. The molecule has 0 unspecified atom stereocenters. The fourth-order valence-corrected chi connectivity index (χ4v) is 2.18. The van der Waals surface area contributed by atoms with E-state index < -0.39 is 4.92 Å². The van der Waals surface area contributed by atoms with E-state index in [0.29, 0.717) is 22.9 Å². The summed E-state index contributed by atoms with van der Waals surface area (Å²) in [6.07, 6.45) is 0. The van der Waals surface area contributed by atoms with Gasteiger partial charge in [0.1, 0.15) is 11.9 Å². The minimum atomic E-state index is -0.478. The van der Waals surface area contributed by atoms with E-state index in [9.17, 15) is 10.1 Å². The summed E-state index contributed by atoms with van der Waals surface area (Å²) in [6, 6.07) is 9.39. The zero-order chi connectivity index (χ0) is 16.3. The molecule has 0 radical (unpaired) electrons. The van der Waals surface area contributed by atoms with Gasteiger partial charge in [0.2, 0.25) is 0 Å². The number of aromatic nitrogens is 1. The average Bonchev–Trinajstić information content (AvgIpc) is 2.49. The number of nitro benzene ring substituents is 1. The first-order valence-electron chi connectivity index (χ1n) is 6.13. The Bertz CT molecular complexity index is 774. The van der Waals surface area contributed by atoms with Gasteiger partial charge in [0, 0.05) is 30.7 Å². The summed E-state index contributed by atoms with van der Waals surface area (Å²) in [7, 11) is 1.74. The van der Waals surface area contributed by atoms with E-state index >= 15 is 0 Å². The number of halogens is 2. The molecule has 0 bridgehead atoms. The van der Waals surface area contributed by atoms with Crippen molar-refractivity contribution in [2.24, 2.45) is 0 Å². The Hall–Kier alpha value is -2.36. The highest BCUT2D eigenvalue weighted by Gasteiger charge is 2.13. The monoisotopic (exact) mass is 336 g/mol. The Balaban J connectivity index is 2.29. The molecule has 0 atom stereocenters. The van der Waals surface area contributed by atoms with Crippen molar-refractivity contribution in [3.05, 3.63) is 61.7 Å². The molecule has 2 rings (SSSR count). The van der Waals surface area contributed by atoms with Gasteiger partial charge in [0.15, 0.2) is 5.69 Å². The number of non-ortho nitro benzene ring substituents is 1. The zero-order valence-electron chi connectivity index (χ0n) is 11.5. The number of rotatable bonds is 4. The highest BCUT2D eigenvalue weighted by Crippen LogP contribution is 2.25. The molecule has 1 aromatic carbocycles. The maximum absolute atomic E-state index is 10.8. The van der Waals surface area contributed by atoms with Crippen LogP contribution in [-0.4, -0.2) is 17.0 Å². The van der Waals surface area contributed by atoms with Gasteiger partial charge in [-0.25, -0.2) is 4.98 Å². The predicted octanol–water partition coefficient (Wildman–Crippen LogP) is 3.80. The smallest absolute Gasteiger partial charge is 0.269 e. The highest BCUT2D eigenvalue weighted by atomic mass is 35.5. The average molecular weight is 337 g/mol. The zero-order valence-corrected chi connectivity index (χ0v) is 13.0. The lowest BCUT2D eigenvalue weighted by molar-refractivity contribution is -0.384. The van der Waals surface area contributed by atoms with Crippen LogP contribution in [0.3, 0.4) is 0 Å². The van der Waals surface area contributed by atoms with Crippen LogP contribution in [-0.2, 0) is 6.54 Å².